The molecule has 0 saturated heterocycles. The minimum atomic E-state index is -0.615. The van der Waals surface area contributed by atoms with E-state index in [9.17, 15) is 4.39 Å². The van der Waals surface area contributed by atoms with Crippen molar-refractivity contribution in [3.8, 4) is 5.75 Å². The van der Waals surface area contributed by atoms with Crippen LogP contribution in [-0.4, -0.2) is 6.61 Å². The van der Waals surface area contributed by atoms with Gasteiger partial charge < -0.3 is 10.5 Å². The molecule has 0 bridgehead atoms. The Bertz CT molecular complexity index is 607. The minimum absolute atomic E-state index is 0.0180. The van der Waals surface area contributed by atoms with Crippen molar-refractivity contribution < 1.29 is 9.13 Å². The van der Waals surface area contributed by atoms with Crippen LogP contribution in [0, 0.1) is 5.82 Å². The summed E-state index contributed by atoms with van der Waals surface area (Å²) in [6.45, 7) is 0.135. The van der Waals surface area contributed by atoms with Crippen LogP contribution in [0.4, 0.5) is 4.39 Å². The number of hydrogen-bond donors (Lipinski definition) is 1. The summed E-state index contributed by atoms with van der Waals surface area (Å²) < 4.78 is 20.0. The molecule has 2 N–H and O–H groups in total. The third kappa shape index (κ3) is 3.64. The lowest BCUT2D eigenvalue weighted by Crippen LogP contribution is -2.20. The molecule has 6 heteroatoms. The van der Waals surface area contributed by atoms with Crippen LogP contribution in [-0.2, 0) is 0 Å². The van der Waals surface area contributed by atoms with Crippen LogP contribution in [0.15, 0.2) is 40.9 Å². The van der Waals surface area contributed by atoms with Gasteiger partial charge in [0.15, 0.2) is 0 Å². The van der Waals surface area contributed by atoms with Gasteiger partial charge in [0.05, 0.1) is 11.1 Å². The molecule has 1 atom stereocenters. The predicted octanol–water partition coefficient (Wildman–Crippen LogP) is 4.97. The molecule has 2 aromatic carbocycles. The van der Waals surface area contributed by atoms with Gasteiger partial charge in [-0.2, -0.15) is 0 Å². The highest BCUT2D eigenvalue weighted by molar-refractivity contribution is 9.10. The van der Waals surface area contributed by atoms with E-state index in [0.29, 0.717) is 20.8 Å². The standard InChI is InChI=1S/C14H11BrCl2FNO/c15-11-6-5-10(14(18)13(11)17)12(19)7-20-9-3-1-8(16)2-4-9/h1-6,12H,7,19H2. The quantitative estimate of drug-likeness (QED) is 0.762. The second-order valence-corrected chi connectivity index (χ2v) is 5.80. The minimum Gasteiger partial charge on any atom is -0.492 e. The lowest BCUT2D eigenvalue weighted by molar-refractivity contribution is 0.288. The van der Waals surface area contributed by atoms with E-state index in [1.807, 2.05) is 0 Å². The van der Waals surface area contributed by atoms with Crippen molar-refractivity contribution in [3.05, 3.63) is 62.3 Å². The fourth-order valence-electron chi connectivity index (χ4n) is 1.63. The van der Waals surface area contributed by atoms with Crippen LogP contribution < -0.4 is 10.5 Å². The Labute approximate surface area is 134 Å². The van der Waals surface area contributed by atoms with Crippen LogP contribution in [0.5, 0.6) is 5.75 Å². The molecule has 0 aliphatic rings. The predicted molar refractivity (Wildman–Crippen MR) is 83.0 cm³/mol. The SMILES string of the molecule is NC(COc1ccc(Cl)cc1)c1ccc(Br)c(Cl)c1F. The average molecular weight is 379 g/mol. The van der Waals surface area contributed by atoms with Gasteiger partial charge in [-0.1, -0.05) is 29.3 Å². The van der Waals surface area contributed by atoms with Gasteiger partial charge in [0.25, 0.3) is 0 Å². The molecule has 0 radical (unpaired) electrons. The fraction of sp³-hybridized carbons (Fsp3) is 0.143. The van der Waals surface area contributed by atoms with Crippen LogP contribution in [0.1, 0.15) is 11.6 Å². The molecule has 1 unspecified atom stereocenters. The van der Waals surface area contributed by atoms with Crippen molar-refractivity contribution in [2.45, 2.75) is 6.04 Å². The Balaban J connectivity index is 2.07. The first-order chi connectivity index (χ1) is 9.49. The molecule has 0 fully saturated rings. The zero-order valence-electron chi connectivity index (χ0n) is 10.2. The summed E-state index contributed by atoms with van der Waals surface area (Å²) in [6, 6.07) is 9.49. The van der Waals surface area contributed by atoms with Gasteiger partial charge in [0.2, 0.25) is 0 Å². The lowest BCUT2D eigenvalue weighted by Gasteiger charge is -2.15. The molecule has 0 aromatic heterocycles. The van der Waals surface area contributed by atoms with Gasteiger partial charge in [0, 0.05) is 15.1 Å². The van der Waals surface area contributed by atoms with E-state index < -0.39 is 11.9 Å². The van der Waals surface area contributed by atoms with Crippen molar-refractivity contribution >= 4 is 39.1 Å². The summed E-state index contributed by atoms with van der Waals surface area (Å²) in [5.74, 6) is 0.0849. The zero-order valence-corrected chi connectivity index (χ0v) is 13.3. The smallest absolute Gasteiger partial charge is 0.147 e. The summed E-state index contributed by atoms with van der Waals surface area (Å²) in [5, 5.41) is 0.636. The molecular formula is C14H11BrCl2FNO. The maximum absolute atomic E-state index is 14.0. The van der Waals surface area contributed by atoms with Crippen molar-refractivity contribution in [2.24, 2.45) is 5.73 Å². The van der Waals surface area contributed by atoms with E-state index in [1.54, 1.807) is 36.4 Å². The van der Waals surface area contributed by atoms with Gasteiger partial charge in [-0.05, 0) is 46.3 Å². The van der Waals surface area contributed by atoms with E-state index in [1.165, 1.54) is 0 Å². The third-order valence-corrected chi connectivity index (χ3v) is 4.22. The second kappa shape index (κ2) is 6.76. The summed E-state index contributed by atoms with van der Waals surface area (Å²) in [5.41, 5.74) is 6.24. The van der Waals surface area contributed by atoms with E-state index in [0.717, 1.165) is 0 Å². The van der Waals surface area contributed by atoms with Crippen molar-refractivity contribution in [2.75, 3.05) is 6.61 Å². The number of halogens is 4. The second-order valence-electron chi connectivity index (χ2n) is 4.14. The van der Waals surface area contributed by atoms with Crippen LogP contribution in [0.3, 0.4) is 0 Å². The molecule has 0 amide bonds. The first-order valence-electron chi connectivity index (χ1n) is 5.76. The summed E-state index contributed by atoms with van der Waals surface area (Å²) >= 11 is 14.8. The lowest BCUT2D eigenvalue weighted by atomic mass is 10.1. The van der Waals surface area contributed by atoms with Gasteiger partial charge in [-0.25, -0.2) is 4.39 Å². The fourth-order valence-corrected chi connectivity index (χ4v) is 2.24. The largest absolute Gasteiger partial charge is 0.492 e. The monoisotopic (exact) mass is 377 g/mol. The topological polar surface area (TPSA) is 35.2 Å². The third-order valence-electron chi connectivity index (χ3n) is 2.71. The summed E-state index contributed by atoms with van der Waals surface area (Å²) in [4.78, 5) is 0. The first kappa shape index (κ1) is 15.6. The van der Waals surface area contributed by atoms with Crippen LogP contribution in [0.2, 0.25) is 10.0 Å². The number of rotatable bonds is 4. The van der Waals surface area contributed by atoms with Gasteiger partial charge >= 0.3 is 0 Å². The Morgan fingerprint density at radius 1 is 1.15 bits per heavy atom. The van der Waals surface area contributed by atoms with Crippen LogP contribution >= 0.6 is 39.1 Å². The Kier molecular flexibility index (Phi) is 5.27. The molecule has 2 nitrogen and oxygen atoms in total. The highest BCUT2D eigenvalue weighted by atomic mass is 79.9. The summed E-state index contributed by atoms with van der Waals surface area (Å²) in [7, 11) is 0. The van der Waals surface area contributed by atoms with Gasteiger partial charge in [-0.3, -0.25) is 0 Å². The summed E-state index contributed by atoms with van der Waals surface area (Å²) in [6.07, 6.45) is 0. The first-order valence-corrected chi connectivity index (χ1v) is 7.31. The Morgan fingerprint density at radius 3 is 2.45 bits per heavy atom. The number of nitrogens with two attached hydrogens (primary N) is 1. The van der Waals surface area contributed by atoms with Crippen molar-refractivity contribution in [1.82, 2.24) is 0 Å². The van der Waals surface area contributed by atoms with Crippen LogP contribution in [0.25, 0.3) is 0 Å². The molecule has 2 aromatic rings. The highest BCUT2D eigenvalue weighted by Crippen LogP contribution is 2.30. The maximum Gasteiger partial charge on any atom is 0.147 e. The highest BCUT2D eigenvalue weighted by Gasteiger charge is 2.16. The van der Waals surface area contributed by atoms with E-state index >= 15 is 0 Å². The van der Waals surface area contributed by atoms with Crippen molar-refractivity contribution in [1.29, 1.82) is 0 Å². The molecule has 0 spiro atoms. The Morgan fingerprint density at radius 2 is 1.80 bits per heavy atom. The molecule has 0 saturated carbocycles. The normalized spacial score (nSPS) is 12.2. The van der Waals surface area contributed by atoms with E-state index in [4.69, 9.17) is 33.7 Å². The van der Waals surface area contributed by atoms with E-state index in [2.05, 4.69) is 15.9 Å². The molecule has 2 rings (SSSR count). The zero-order chi connectivity index (χ0) is 14.7. The number of ether oxygens (including phenoxy) is 1. The van der Waals surface area contributed by atoms with Crippen molar-refractivity contribution in [3.63, 3.8) is 0 Å². The molecule has 20 heavy (non-hydrogen) atoms. The number of benzene rings is 2. The molecule has 106 valence electrons. The number of hydrogen-bond acceptors (Lipinski definition) is 2. The van der Waals surface area contributed by atoms with Gasteiger partial charge in [0.1, 0.15) is 18.2 Å². The molecule has 0 heterocycles. The maximum atomic E-state index is 14.0. The van der Waals surface area contributed by atoms with Gasteiger partial charge in [-0.15, -0.1) is 0 Å². The molecule has 0 aliphatic carbocycles. The molecular weight excluding hydrogens is 368 g/mol. The van der Waals surface area contributed by atoms with E-state index in [-0.39, 0.29) is 11.6 Å². The average Bonchev–Trinajstić information content (AvgIpc) is 2.44. The Hall–Kier alpha value is -0.810. The molecule has 0 aliphatic heterocycles.